The van der Waals surface area contributed by atoms with Crippen molar-refractivity contribution in [2.24, 2.45) is 5.73 Å². The van der Waals surface area contributed by atoms with Crippen LogP contribution in [0.2, 0.25) is 0 Å². The molecule has 1 fully saturated rings. The van der Waals surface area contributed by atoms with Gasteiger partial charge in [0.2, 0.25) is 5.91 Å². The second-order valence-electron chi connectivity index (χ2n) is 5.82. The van der Waals surface area contributed by atoms with Crippen LogP contribution in [0.5, 0.6) is 0 Å². The molecule has 124 valence electrons. The van der Waals surface area contributed by atoms with Crippen molar-refractivity contribution in [2.45, 2.75) is 25.4 Å². The summed E-state index contributed by atoms with van der Waals surface area (Å²) in [5, 5.41) is -0.207. The second-order valence-corrected chi connectivity index (χ2v) is 6.75. The largest absolute Gasteiger partial charge is 0.326 e. The molecule has 1 aliphatic heterocycles. The summed E-state index contributed by atoms with van der Waals surface area (Å²) in [7, 11) is 0. The fraction of sp³-hybridized carbons (Fsp3) is 0.263. The van der Waals surface area contributed by atoms with Gasteiger partial charge in [0.1, 0.15) is 0 Å². The van der Waals surface area contributed by atoms with Crippen LogP contribution in [0.3, 0.4) is 0 Å². The van der Waals surface area contributed by atoms with Gasteiger partial charge >= 0.3 is 0 Å². The third-order valence-corrected chi connectivity index (χ3v) is 5.13. The molecule has 0 aliphatic carbocycles. The summed E-state index contributed by atoms with van der Waals surface area (Å²) in [5.74, 6) is 0.0412. The quantitative estimate of drug-likeness (QED) is 0.898. The number of nitrogens with two attached hydrogens (primary N) is 1. The van der Waals surface area contributed by atoms with Gasteiger partial charge in [0.15, 0.2) is 0 Å². The zero-order valence-electron chi connectivity index (χ0n) is 13.5. The highest BCUT2D eigenvalue weighted by Crippen LogP contribution is 2.33. The molecule has 5 heteroatoms. The minimum Gasteiger partial charge on any atom is -0.326 e. The van der Waals surface area contributed by atoms with Crippen LogP contribution in [0.15, 0.2) is 54.6 Å². The molecule has 0 saturated carbocycles. The number of nitrogens with zero attached hydrogens (tertiary/aromatic N) is 1. The Kier molecular flexibility index (Phi) is 5.02. The van der Waals surface area contributed by atoms with Gasteiger partial charge < -0.3 is 5.73 Å². The Morgan fingerprint density at radius 3 is 2.21 bits per heavy atom. The van der Waals surface area contributed by atoms with Crippen LogP contribution < -0.4 is 5.73 Å². The zero-order chi connectivity index (χ0) is 17.1. The van der Waals surface area contributed by atoms with Crippen molar-refractivity contribution in [3.63, 3.8) is 0 Å². The third kappa shape index (κ3) is 3.23. The highest BCUT2D eigenvalue weighted by atomic mass is 32.2. The lowest BCUT2D eigenvalue weighted by Gasteiger charge is -2.30. The molecule has 1 aliphatic rings. The number of amides is 2. The van der Waals surface area contributed by atoms with E-state index in [0.29, 0.717) is 6.42 Å². The van der Waals surface area contributed by atoms with E-state index in [1.54, 1.807) is 0 Å². The first-order valence-electron chi connectivity index (χ1n) is 8.01. The van der Waals surface area contributed by atoms with Crippen LogP contribution >= 0.6 is 11.8 Å². The predicted molar refractivity (Wildman–Crippen MR) is 97.6 cm³/mol. The van der Waals surface area contributed by atoms with Crippen molar-refractivity contribution in [3.05, 3.63) is 60.2 Å². The van der Waals surface area contributed by atoms with Crippen molar-refractivity contribution >= 4 is 22.9 Å². The zero-order valence-corrected chi connectivity index (χ0v) is 14.3. The Balaban J connectivity index is 1.94. The van der Waals surface area contributed by atoms with Gasteiger partial charge in [0.25, 0.3) is 5.24 Å². The third-order valence-electron chi connectivity index (χ3n) is 4.30. The van der Waals surface area contributed by atoms with E-state index in [9.17, 15) is 9.59 Å². The Hall–Kier alpha value is -2.11. The average molecular weight is 340 g/mol. The molecule has 2 N–H and O–H groups in total. The number of imide groups is 1. The van der Waals surface area contributed by atoms with Gasteiger partial charge in [-0.1, -0.05) is 73.3 Å². The molecule has 2 aromatic carbocycles. The number of benzene rings is 2. The highest BCUT2D eigenvalue weighted by molar-refractivity contribution is 8.14. The van der Waals surface area contributed by atoms with E-state index in [1.165, 1.54) is 4.90 Å². The van der Waals surface area contributed by atoms with Crippen molar-refractivity contribution in [2.75, 3.05) is 5.75 Å². The number of carbonyl (C=O) groups excluding carboxylic acids is 2. The Labute approximate surface area is 146 Å². The molecule has 1 saturated heterocycles. The van der Waals surface area contributed by atoms with Crippen LogP contribution in [-0.2, 0) is 4.79 Å². The normalized spacial score (nSPS) is 17.2. The number of carbonyl (C=O) groups is 2. The fourth-order valence-corrected chi connectivity index (χ4v) is 3.69. The molecule has 2 atom stereocenters. The second kappa shape index (κ2) is 7.20. The summed E-state index contributed by atoms with van der Waals surface area (Å²) in [6, 6.07) is 17.3. The predicted octanol–water partition coefficient (Wildman–Crippen LogP) is 3.83. The van der Waals surface area contributed by atoms with Gasteiger partial charge in [0.05, 0.1) is 11.8 Å². The molecule has 2 aromatic rings. The van der Waals surface area contributed by atoms with E-state index in [2.05, 4.69) is 12.1 Å². The summed E-state index contributed by atoms with van der Waals surface area (Å²) in [5.41, 5.74) is 9.37. The molecule has 4 nitrogen and oxygen atoms in total. The van der Waals surface area contributed by atoms with Crippen molar-refractivity contribution in [1.82, 2.24) is 4.90 Å². The Morgan fingerprint density at radius 2 is 1.67 bits per heavy atom. The lowest BCUT2D eigenvalue weighted by Crippen LogP contribution is -2.43. The van der Waals surface area contributed by atoms with Crippen LogP contribution in [0.1, 0.15) is 24.9 Å². The van der Waals surface area contributed by atoms with Gasteiger partial charge in [-0.3, -0.25) is 14.5 Å². The highest BCUT2D eigenvalue weighted by Gasteiger charge is 2.39. The topological polar surface area (TPSA) is 63.4 Å². The van der Waals surface area contributed by atoms with Crippen LogP contribution in [0.4, 0.5) is 4.79 Å². The lowest BCUT2D eigenvalue weighted by molar-refractivity contribution is -0.126. The molecular formula is C19H20N2O2S. The van der Waals surface area contributed by atoms with Gasteiger partial charge in [-0.05, 0) is 23.1 Å². The van der Waals surface area contributed by atoms with Crippen LogP contribution in [0.25, 0.3) is 11.1 Å². The van der Waals surface area contributed by atoms with Gasteiger partial charge in [-0.25, -0.2) is 0 Å². The van der Waals surface area contributed by atoms with E-state index < -0.39 is 6.04 Å². The molecule has 2 amide bonds. The fourth-order valence-electron chi connectivity index (χ4n) is 2.95. The number of rotatable bonds is 5. The molecular weight excluding hydrogens is 320 g/mol. The smallest absolute Gasteiger partial charge is 0.289 e. The average Bonchev–Trinajstić information content (AvgIpc) is 2.95. The van der Waals surface area contributed by atoms with E-state index >= 15 is 0 Å². The SMILES string of the molecule is CCC(N)C(c1ccc(-c2ccccc2)cc1)N1C(=O)CSC1=O. The molecule has 0 spiro atoms. The lowest BCUT2D eigenvalue weighted by atomic mass is 9.94. The van der Waals surface area contributed by atoms with Gasteiger partial charge in [-0.2, -0.15) is 0 Å². The maximum absolute atomic E-state index is 12.1. The van der Waals surface area contributed by atoms with Crippen molar-refractivity contribution < 1.29 is 9.59 Å². The first kappa shape index (κ1) is 16.7. The van der Waals surface area contributed by atoms with Crippen LogP contribution in [0, 0.1) is 0 Å². The summed E-state index contributed by atoms with van der Waals surface area (Å²) in [6.07, 6.45) is 0.687. The van der Waals surface area contributed by atoms with E-state index in [4.69, 9.17) is 5.73 Å². The molecule has 0 aromatic heterocycles. The standard InChI is InChI=1S/C19H20N2O2S/c1-2-16(20)18(21-17(22)12-24-19(21)23)15-10-8-14(9-11-15)13-6-4-3-5-7-13/h3-11,16,18H,2,12,20H2,1H3. The van der Waals surface area contributed by atoms with E-state index in [0.717, 1.165) is 28.5 Å². The number of thioether (sulfide) groups is 1. The number of hydrogen-bond donors (Lipinski definition) is 1. The van der Waals surface area contributed by atoms with Gasteiger partial charge in [-0.15, -0.1) is 0 Å². The van der Waals surface area contributed by atoms with Crippen LogP contribution in [-0.4, -0.2) is 27.8 Å². The summed E-state index contributed by atoms with van der Waals surface area (Å²) in [6.45, 7) is 1.97. The minimum absolute atomic E-state index is 0.161. The minimum atomic E-state index is -0.408. The maximum atomic E-state index is 12.1. The molecule has 24 heavy (non-hydrogen) atoms. The van der Waals surface area contributed by atoms with Crippen molar-refractivity contribution in [3.8, 4) is 11.1 Å². The molecule has 0 radical (unpaired) electrons. The Bertz CT molecular complexity index is 715. The summed E-state index contributed by atoms with van der Waals surface area (Å²) in [4.78, 5) is 25.6. The summed E-state index contributed by atoms with van der Waals surface area (Å²) >= 11 is 1.05. The van der Waals surface area contributed by atoms with E-state index in [-0.39, 0.29) is 22.9 Å². The Morgan fingerprint density at radius 1 is 1.04 bits per heavy atom. The number of hydrogen-bond acceptors (Lipinski definition) is 4. The maximum Gasteiger partial charge on any atom is 0.289 e. The molecule has 2 unspecified atom stereocenters. The first-order valence-corrected chi connectivity index (χ1v) is 9.00. The molecule has 1 heterocycles. The van der Waals surface area contributed by atoms with E-state index in [1.807, 2.05) is 49.4 Å². The molecule has 0 bridgehead atoms. The van der Waals surface area contributed by atoms with Gasteiger partial charge in [0, 0.05) is 6.04 Å². The summed E-state index contributed by atoms with van der Waals surface area (Å²) < 4.78 is 0. The molecule has 3 rings (SSSR count). The first-order chi connectivity index (χ1) is 11.6. The monoisotopic (exact) mass is 340 g/mol. The van der Waals surface area contributed by atoms with Crippen molar-refractivity contribution in [1.29, 1.82) is 0 Å².